The van der Waals surface area contributed by atoms with Crippen molar-refractivity contribution in [1.82, 2.24) is 10.3 Å². The van der Waals surface area contributed by atoms with E-state index in [0.29, 0.717) is 6.54 Å². The minimum Gasteiger partial charge on any atom is -0.373 e. The van der Waals surface area contributed by atoms with Crippen molar-refractivity contribution < 1.29 is 8.42 Å². The Kier molecular flexibility index (Phi) is 6.42. The summed E-state index contributed by atoms with van der Waals surface area (Å²) in [6.45, 7) is 6.26. The summed E-state index contributed by atoms with van der Waals surface area (Å²) in [6.07, 6.45) is 4.21. The number of anilines is 1. The van der Waals surface area contributed by atoms with Gasteiger partial charge in [0.15, 0.2) is 0 Å². The highest BCUT2D eigenvalue weighted by Crippen LogP contribution is 2.19. The second kappa shape index (κ2) is 7.59. The van der Waals surface area contributed by atoms with Crippen molar-refractivity contribution in [1.29, 1.82) is 0 Å². The molecule has 5 nitrogen and oxygen atoms in total. The number of aryl methyl sites for hydroxylation is 1. The molecule has 0 amide bonds. The van der Waals surface area contributed by atoms with Crippen molar-refractivity contribution in [3.05, 3.63) is 23.5 Å². The van der Waals surface area contributed by atoms with Gasteiger partial charge in [0, 0.05) is 49.5 Å². The van der Waals surface area contributed by atoms with Gasteiger partial charge in [0.25, 0.3) is 0 Å². The summed E-state index contributed by atoms with van der Waals surface area (Å²) in [5.41, 5.74) is 3.08. The van der Waals surface area contributed by atoms with E-state index in [0.717, 1.165) is 36.5 Å². The van der Waals surface area contributed by atoms with Crippen molar-refractivity contribution in [3.63, 3.8) is 0 Å². The van der Waals surface area contributed by atoms with Gasteiger partial charge in [0.1, 0.15) is 9.84 Å². The van der Waals surface area contributed by atoms with Crippen molar-refractivity contribution in [3.8, 4) is 0 Å². The van der Waals surface area contributed by atoms with Crippen LogP contribution in [0, 0.1) is 6.92 Å². The van der Waals surface area contributed by atoms with E-state index in [4.69, 9.17) is 0 Å². The molecule has 0 aromatic carbocycles. The highest BCUT2D eigenvalue weighted by Gasteiger charge is 2.11. The molecule has 1 heterocycles. The predicted octanol–water partition coefficient (Wildman–Crippen LogP) is 1.37. The van der Waals surface area contributed by atoms with E-state index in [1.807, 2.05) is 31.1 Å². The van der Waals surface area contributed by atoms with Gasteiger partial charge in [0.2, 0.25) is 0 Å². The molecule has 1 N–H and O–H groups in total. The molecule has 1 aromatic rings. The largest absolute Gasteiger partial charge is 0.373 e. The van der Waals surface area contributed by atoms with Crippen molar-refractivity contribution in [2.45, 2.75) is 26.8 Å². The lowest BCUT2D eigenvalue weighted by molar-refractivity contribution is 0.601. The van der Waals surface area contributed by atoms with Crippen LogP contribution in [0.3, 0.4) is 0 Å². The van der Waals surface area contributed by atoms with Crippen LogP contribution in [0.4, 0.5) is 5.69 Å². The molecule has 0 saturated carbocycles. The number of nitrogens with zero attached hydrogens (tertiary/aromatic N) is 2. The summed E-state index contributed by atoms with van der Waals surface area (Å²) in [7, 11) is -1.02. The third kappa shape index (κ3) is 5.88. The molecule has 20 heavy (non-hydrogen) atoms. The van der Waals surface area contributed by atoms with Crippen LogP contribution in [0.15, 0.2) is 12.3 Å². The second-order valence-electron chi connectivity index (χ2n) is 5.18. The highest BCUT2D eigenvalue weighted by molar-refractivity contribution is 7.90. The van der Waals surface area contributed by atoms with Crippen molar-refractivity contribution >= 4 is 15.5 Å². The summed E-state index contributed by atoms with van der Waals surface area (Å²) >= 11 is 0. The summed E-state index contributed by atoms with van der Waals surface area (Å²) in [5, 5.41) is 3.35. The van der Waals surface area contributed by atoms with E-state index < -0.39 is 9.84 Å². The number of hydrogen-bond acceptors (Lipinski definition) is 5. The van der Waals surface area contributed by atoms with Gasteiger partial charge in [-0.15, -0.1) is 0 Å². The molecule has 0 radical (unpaired) electrons. The lowest BCUT2D eigenvalue weighted by Gasteiger charge is -2.22. The maximum atomic E-state index is 11.3. The molecule has 0 bridgehead atoms. The zero-order valence-electron chi connectivity index (χ0n) is 12.8. The first kappa shape index (κ1) is 16.9. The normalized spacial score (nSPS) is 11.6. The minimum atomic E-state index is -2.94. The molecule has 0 aliphatic heterocycles. The molecule has 6 heteroatoms. The molecule has 0 aliphatic rings. The number of rotatable bonds is 8. The lowest BCUT2D eigenvalue weighted by Crippen LogP contribution is -2.27. The summed E-state index contributed by atoms with van der Waals surface area (Å²) < 4.78 is 22.6. The van der Waals surface area contributed by atoms with Crippen LogP contribution < -0.4 is 10.2 Å². The summed E-state index contributed by atoms with van der Waals surface area (Å²) in [4.78, 5) is 6.31. The zero-order chi connectivity index (χ0) is 15.2. The fraction of sp³-hybridized carbons (Fsp3) is 0.643. The number of pyridine rings is 1. The number of aromatic nitrogens is 1. The average molecular weight is 299 g/mol. The predicted molar refractivity (Wildman–Crippen MR) is 84.0 cm³/mol. The molecule has 0 fully saturated rings. The molecule has 0 unspecified atom stereocenters. The topological polar surface area (TPSA) is 62.3 Å². The SMILES string of the molecule is CCCNCc1cnc(C)cc1N(C)CCS(C)(=O)=O. The summed E-state index contributed by atoms with van der Waals surface area (Å²) in [5.74, 6) is 0.159. The van der Waals surface area contributed by atoms with E-state index in [9.17, 15) is 8.42 Å². The molecule has 0 atom stereocenters. The molecule has 1 rings (SSSR count). The zero-order valence-corrected chi connectivity index (χ0v) is 13.6. The van der Waals surface area contributed by atoms with E-state index in [-0.39, 0.29) is 5.75 Å². The number of sulfone groups is 1. The third-order valence-corrected chi connectivity index (χ3v) is 3.97. The first-order chi connectivity index (χ1) is 9.33. The first-order valence-corrected chi connectivity index (χ1v) is 8.94. The summed E-state index contributed by atoms with van der Waals surface area (Å²) in [6, 6.07) is 2.01. The fourth-order valence-corrected chi connectivity index (χ4v) is 2.49. The molecule has 0 saturated heterocycles. The van der Waals surface area contributed by atoms with Crippen LogP contribution in [-0.4, -0.2) is 45.5 Å². The minimum absolute atomic E-state index is 0.159. The maximum Gasteiger partial charge on any atom is 0.149 e. The van der Waals surface area contributed by atoms with E-state index in [2.05, 4.69) is 17.2 Å². The monoisotopic (exact) mass is 299 g/mol. The second-order valence-corrected chi connectivity index (χ2v) is 7.44. The quantitative estimate of drug-likeness (QED) is 0.735. The Labute approximate surface area is 122 Å². The Balaban J connectivity index is 2.82. The molecular weight excluding hydrogens is 274 g/mol. The van der Waals surface area contributed by atoms with Gasteiger partial charge in [-0.25, -0.2) is 8.42 Å². The van der Waals surface area contributed by atoms with Crippen molar-refractivity contribution in [2.24, 2.45) is 0 Å². The Morgan fingerprint density at radius 2 is 2.10 bits per heavy atom. The van der Waals surface area contributed by atoms with Crippen LogP contribution >= 0.6 is 0 Å². The van der Waals surface area contributed by atoms with Crippen LogP contribution in [0.1, 0.15) is 24.6 Å². The maximum absolute atomic E-state index is 11.3. The van der Waals surface area contributed by atoms with Crippen LogP contribution in [0.5, 0.6) is 0 Å². The Hall–Kier alpha value is -1.14. The van der Waals surface area contributed by atoms with Crippen LogP contribution in [-0.2, 0) is 16.4 Å². The molecule has 1 aromatic heterocycles. The van der Waals surface area contributed by atoms with Gasteiger partial charge in [-0.2, -0.15) is 0 Å². The smallest absolute Gasteiger partial charge is 0.149 e. The third-order valence-electron chi connectivity index (χ3n) is 3.05. The number of nitrogens with one attached hydrogen (secondary N) is 1. The van der Waals surface area contributed by atoms with Gasteiger partial charge < -0.3 is 10.2 Å². The van der Waals surface area contributed by atoms with E-state index in [1.54, 1.807) is 0 Å². The average Bonchev–Trinajstić information content (AvgIpc) is 2.37. The van der Waals surface area contributed by atoms with Crippen molar-refractivity contribution in [2.75, 3.05) is 37.0 Å². The Bertz CT molecular complexity index is 529. The lowest BCUT2D eigenvalue weighted by atomic mass is 10.2. The van der Waals surface area contributed by atoms with Gasteiger partial charge in [-0.05, 0) is 26.0 Å². The van der Waals surface area contributed by atoms with E-state index in [1.165, 1.54) is 6.26 Å². The van der Waals surface area contributed by atoms with Gasteiger partial charge >= 0.3 is 0 Å². The molecule has 0 aliphatic carbocycles. The molecular formula is C14H25N3O2S. The number of hydrogen-bond donors (Lipinski definition) is 1. The van der Waals surface area contributed by atoms with Crippen LogP contribution in [0.25, 0.3) is 0 Å². The standard InChI is InChI=1S/C14H25N3O2S/c1-5-6-15-10-13-11-16-12(2)9-14(13)17(3)7-8-20(4,18)19/h9,11,15H,5-8,10H2,1-4H3. The fourth-order valence-electron chi connectivity index (χ4n) is 1.89. The van der Waals surface area contributed by atoms with Gasteiger partial charge in [0.05, 0.1) is 5.75 Å². The highest BCUT2D eigenvalue weighted by atomic mass is 32.2. The molecule has 0 spiro atoms. The first-order valence-electron chi connectivity index (χ1n) is 6.88. The van der Waals surface area contributed by atoms with Gasteiger partial charge in [-0.3, -0.25) is 4.98 Å². The van der Waals surface area contributed by atoms with E-state index >= 15 is 0 Å². The molecule has 114 valence electrons. The Morgan fingerprint density at radius 1 is 1.40 bits per heavy atom. The van der Waals surface area contributed by atoms with Crippen LogP contribution in [0.2, 0.25) is 0 Å². The Morgan fingerprint density at radius 3 is 2.70 bits per heavy atom. The van der Waals surface area contributed by atoms with Gasteiger partial charge in [-0.1, -0.05) is 6.92 Å².